The number of fused-ring (bicyclic) bond motifs is 1. The van der Waals surface area contributed by atoms with E-state index in [0.29, 0.717) is 6.42 Å². The van der Waals surface area contributed by atoms with E-state index in [1.54, 1.807) is 0 Å². The van der Waals surface area contributed by atoms with Crippen LogP contribution in [0.15, 0.2) is 6.07 Å². The second kappa shape index (κ2) is 6.86. The van der Waals surface area contributed by atoms with Crippen molar-refractivity contribution < 1.29 is 9.90 Å². The lowest BCUT2D eigenvalue weighted by molar-refractivity contribution is -0.136. The Balaban J connectivity index is 1.49. The van der Waals surface area contributed by atoms with Crippen LogP contribution in [-0.2, 0) is 30.8 Å². The Kier molecular flexibility index (Phi) is 4.65. The highest BCUT2D eigenvalue weighted by Gasteiger charge is 2.18. The van der Waals surface area contributed by atoms with Crippen LogP contribution in [0.25, 0.3) is 0 Å². The highest BCUT2D eigenvalue weighted by atomic mass is 16.4. The summed E-state index contributed by atoms with van der Waals surface area (Å²) >= 11 is 0. The molecule has 3 heterocycles. The van der Waals surface area contributed by atoms with Gasteiger partial charge in [0.05, 0.1) is 24.4 Å². The number of hydrogen-bond acceptors (Lipinski definition) is 6. The third kappa shape index (κ3) is 3.92. The number of rotatable bonds is 7. The molecule has 9 heteroatoms. The van der Waals surface area contributed by atoms with E-state index in [0.717, 1.165) is 56.4 Å². The van der Waals surface area contributed by atoms with E-state index in [2.05, 4.69) is 25.5 Å². The first kappa shape index (κ1) is 15.6. The number of tetrazole rings is 1. The van der Waals surface area contributed by atoms with Gasteiger partial charge in [0.2, 0.25) is 0 Å². The Morgan fingerprint density at radius 3 is 2.96 bits per heavy atom. The van der Waals surface area contributed by atoms with Crippen molar-refractivity contribution in [3.63, 3.8) is 0 Å². The van der Waals surface area contributed by atoms with Crippen molar-refractivity contribution in [2.45, 2.75) is 45.8 Å². The van der Waals surface area contributed by atoms with Gasteiger partial charge in [0.25, 0.3) is 0 Å². The molecule has 1 aliphatic heterocycles. The van der Waals surface area contributed by atoms with Crippen molar-refractivity contribution in [2.75, 3.05) is 13.1 Å². The monoisotopic (exact) mass is 319 g/mol. The first-order valence-corrected chi connectivity index (χ1v) is 7.84. The first-order valence-electron chi connectivity index (χ1n) is 7.84. The van der Waals surface area contributed by atoms with Crippen molar-refractivity contribution in [1.29, 1.82) is 0 Å². The quantitative estimate of drug-likeness (QED) is 0.772. The lowest BCUT2D eigenvalue weighted by Crippen LogP contribution is -2.34. The van der Waals surface area contributed by atoms with Gasteiger partial charge in [0.15, 0.2) is 0 Å². The fourth-order valence-electron chi connectivity index (χ4n) is 2.83. The van der Waals surface area contributed by atoms with Crippen molar-refractivity contribution in [1.82, 2.24) is 34.9 Å². The summed E-state index contributed by atoms with van der Waals surface area (Å²) in [6.07, 6.45) is 1.62. The zero-order chi connectivity index (χ0) is 16.2. The highest BCUT2D eigenvalue weighted by Crippen LogP contribution is 2.15. The number of hydrogen-bond donors (Lipinski definition) is 1. The predicted molar refractivity (Wildman–Crippen MR) is 80.6 cm³/mol. The zero-order valence-electron chi connectivity index (χ0n) is 13.2. The molecule has 2 aromatic rings. The van der Waals surface area contributed by atoms with Crippen molar-refractivity contribution in [2.24, 2.45) is 0 Å². The Morgan fingerprint density at radius 2 is 2.22 bits per heavy atom. The van der Waals surface area contributed by atoms with Crippen LogP contribution in [0.5, 0.6) is 0 Å². The number of aliphatic carboxylic acids is 1. The average Bonchev–Trinajstić information content (AvgIpc) is 3.11. The summed E-state index contributed by atoms with van der Waals surface area (Å²) < 4.78 is 3.82. The molecule has 0 radical (unpaired) electrons. The van der Waals surface area contributed by atoms with E-state index in [1.165, 1.54) is 0 Å². The molecule has 0 spiro atoms. The molecular formula is C14H21N7O2. The molecule has 0 atom stereocenters. The molecule has 2 aromatic heterocycles. The van der Waals surface area contributed by atoms with Crippen LogP contribution >= 0.6 is 0 Å². The van der Waals surface area contributed by atoms with Gasteiger partial charge in [0.1, 0.15) is 5.82 Å². The summed E-state index contributed by atoms with van der Waals surface area (Å²) in [5.41, 5.74) is 2.03. The maximum Gasteiger partial charge on any atom is 0.303 e. The van der Waals surface area contributed by atoms with Gasteiger partial charge in [-0.05, 0) is 29.8 Å². The molecule has 1 aliphatic rings. The van der Waals surface area contributed by atoms with E-state index in [1.807, 2.05) is 22.4 Å². The number of aryl methyl sites for hydroxylation is 3. The van der Waals surface area contributed by atoms with Crippen LogP contribution in [0.3, 0.4) is 0 Å². The SMILES string of the molecule is Cc1nnnn1CCCN1CCn2nc(CCC(=O)O)cc2C1. The summed E-state index contributed by atoms with van der Waals surface area (Å²) in [5.74, 6) is 0.0558. The van der Waals surface area contributed by atoms with Gasteiger partial charge in [-0.25, -0.2) is 4.68 Å². The van der Waals surface area contributed by atoms with E-state index >= 15 is 0 Å². The van der Waals surface area contributed by atoms with Gasteiger partial charge in [-0.15, -0.1) is 5.10 Å². The smallest absolute Gasteiger partial charge is 0.303 e. The Hall–Kier alpha value is -2.29. The van der Waals surface area contributed by atoms with Crippen LogP contribution in [-0.4, -0.2) is 59.1 Å². The van der Waals surface area contributed by atoms with Crippen molar-refractivity contribution in [3.05, 3.63) is 23.3 Å². The van der Waals surface area contributed by atoms with Gasteiger partial charge in [-0.3, -0.25) is 14.4 Å². The molecule has 0 aliphatic carbocycles. The van der Waals surface area contributed by atoms with Crippen molar-refractivity contribution >= 4 is 5.97 Å². The standard InChI is InChI=1S/C14H21N7O2/c1-11-15-17-18-20(11)6-2-5-19-7-8-21-13(10-19)9-12(16-21)3-4-14(22)23/h9H,2-8,10H2,1H3,(H,22,23). The molecule has 23 heavy (non-hydrogen) atoms. The van der Waals surface area contributed by atoms with Gasteiger partial charge in [-0.2, -0.15) is 5.10 Å². The fourth-order valence-corrected chi connectivity index (χ4v) is 2.83. The molecule has 0 fully saturated rings. The molecule has 0 saturated carbocycles. The Morgan fingerprint density at radius 1 is 1.35 bits per heavy atom. The molecule has 9 nitrogen and oxygen atoms in total. The minimum Gasteiger partial charge on any atom is -0.481 e. The maximum absolute atomic E-state index is 10.6. The zero-order valence-corrected chi connectivity index (χ0v) is 13.2. The van der Waals surface area contributed by atoms with Gasteiger partial charge < -0.3 is 5.11 Å². The van der Waals surface area contributed by atoms with Gasteiger partial charge >= 0.3 is 5.97 Å². The van der Waals surface area contributed by atoms with E-state index < -0.39 is 5.97 Å². The predicted octanol–water partition coefficient (Wildman–Crippen LogP) is 0.101. The minimum atomic E-state index is -0.782. The molecule has 0 aromatic carbocycles. The van der Waals surface area contributed by atoms with Crippen LogP contribution in [0.2, 0.25) is 0 Å². The lowest BCUT2D eigenvalue weighted by atomic mass is 10.2. The molecule has 3 rings (SSSR count). The van der Waals surface area contributed by atoms with Crippen LogP contribution in [0, 0.1) is 6.92 Å². The number of carboxylic acids is 1. The van der Waals surface area contributed by atoms with E-state index in [9.17, 15) is 4.79 Å². The second-order valence-electron chi connectivity index (χ2n) is 5.82. The highest BCUT2D eigenvalue weighted by molar-refractivity contribution is 5.66. The second-order valence-corrected chi connectivity index (χ2v) is 5.82. The average molecular weight is 319 g/mol. The van der Waals surface area contributed by atoms with E-state index in [4.69, 9.17) is 5.11 Å². The summed E-state index contributed by atoms with van der Waals surface area (Å²) in [6.45, 7) is 6.37. The lowest BCUT2D eigenvalue weighted by Gasteiger charge is -2.27. The fraction of sp³-hybridized carbons (Fsp3) is 0.643. The molecule has 1 N–H and O–H groups in total. The summed E-state index contributed by atoms with van der Waals surface area (Å²) in [5, 5.41) is 24.7. The summed E-state index contributed by atoms with van der Waals surface area (Å²) in [7, 11) is 0. The third-order valence-corrected chi connectivity index (χ3v) is 4.08. The molecule has 0 saturated heterocycles. The normalized spacial score (nSPS) is 14.8. The Labute approximate surface area is 133 Å². The third-order valence-electron chi connectivity index (χ3n) is 4.08. The molecule has 0 unspecified atom stereocenters. The summed E-state index contributed by atoms with van der Waals surface area (Å²) in [6, 6.07) is 2.03. The largest absolute Gasteiger partial charge is 0.481 e. The molecule has 0 bridgehead atoms. The topological polar surface area (TPSA) is 102 Å². The van der Waals surface area contributed by atoms with Gasteiger partial charge in [-0.1, -0.05) is 0 Å². The van der Waals surface area contributed by atoms with Crippen LogP contribution in [0.4, 0.5) is 0 Å². The molecular weight excluding hydrogens is 298 g/mol. The maximum atomic E-state index is 10.6. The van der Waals surface area contributed by atoms with Gasteiger partial charge in [0, 0.05) is 32.6 Å². The number of carboxylic acid groups (broad SMARTS) is 1. The number of nitrogens with zero attached hydrogens (tertiary/aromatic N) is 7. The number of aromatic nitrogens is 6. The van der Waals surface area contributed by atoms with Crippen LogP contribution in [0.1, 0.15) is 30.1 Å². The summed E-state index contributed by atoms with van der Waals surface area (Å²) in [4.78, 5) is 13.0. The number of carbonyl (C=O) groups is 1. The van der Waals surface area contributed by atoms with Crippen molar-refractivity contribution in [3.8, 4) is 0 Å². The molecule has 124 valence electrons. The van der Waals surface area contributed by atoms with Crippen LogP contribution < -0.4 is 0 Å². The Bertz CT molecular complexity index is 678. The first-order chi connectivity index (χ1) is 11.1. The van der Waals surface area contributed by atoms with E-state index in [-0.39, 0.29) is 6.42 Å². The minimum absolute atomic E-state index is 0.130. The molecule has 0 amide bonds.